The number of ether oxygens (including phenoxy) is 2. The number of nitrogens with one attached hydrogen (secondary N) is 1. The molecule has 1 heterocycles. The number of nitrogens with zero attached hydrogens (tertiary/aromatic N) is 2. The van der Waals surface area contributed by atoms with Gasteiger partial charge in [-0.25, -0.2) is 4.99 Å². The van der Waals surface area contributed by atoms with Gasteiger partial charge in [-0.05, 0) is 23.6 Å². The maximum absolute atomic E-state index is 5.86. The van der Waals surface area contributed by atoms with Crippen molar-refractivity contribution in [3.05, 3.63) is 29.8 Å². The van der Waals surface area contributed by atoms with Crippen LogP contribution in [-0.4, -0.2) is 56.9 Å². The molecule has 7 heteroatoms. The van der Waals surface area contributed by atoms with Crippen LogP contribution in [0.25, 0.3) is 0 Å². The topological polar surface area (TPSA) is 72.1 Å². The molecule has 0 amide bonds. The second-order valence-electron chi connectivity index (χ2n) is 6.43. The predicted molar refractivity (Wildman–Crippen MR) is 113 cm³/mol. The standard InChI is InChI=1S/C18H30N4O2.HI/c1-15(2)13-20-18(19)21-14-16-4-3-5-17(12-16)24-11-8-22-6-9-23-10-7-22;/h3-5,12,15H,6-11,13-14H2,1-2H3,(H3,19,20,21);1H. The molecule has 2 rings (SSSR count). The zero-order valence-corrected chi connectivity index (χ0v) is 17.6. The molecule has 0 aliphatic carbocycles. The molecule has 6 nitrogen and oxygen atoms in total. The first kappa shape index (κ1) is 22.0. The molecule has 0 saturated carbocycles. The lowest BCUT2D eigenvalue weighted by molar-refractivity contribution is 0.0322. The van der Waals surface area contributed by atoms with Crippen LogP contribution in [0.15, 0.2) is 29.3 Å². The molecule has 1 saturated heterocycles. The Morgan fingerprint density at radius 3 is 2.84 bits per heavy atom. The van der Waals surface area contributed by atoms with Gasteiger partial charge in [0, 0.05) is 26.2 Å². The van der Waals surface area contributed by atoms with Gasteiger partial charge in [0.25, 0.3) is 0 Å². The van der Waals surface area contributed by atoms with Gasteiger partial charge in [-0.2, -0.15) is 0 Å². The second kappa shape index (κ2) is 12.3. The number of aliphatic imine (C=N–C) groups is 1. The highest BCUT2D eigenvalue weighted by atomic mass is 127. The van der Waals surface area contributed by atoms with E-state index in [2.05, 4.69) is 29.1 Å². The molecule has 0 aromatic heterocycles. The van der Waals surface area contributed by atoms with Crippen LogP contribution in [0.2, 0.25) is 0 Å². The van der Waals surface area contributed by atoms with E-state index in [0.717, 1.165) is 50.7 Å². The molecular formula is C18H31IN4O2. The minimum atomic E-state index is 0. The largest absolute Gasteiger partial charge is 0.492 e. The maximum atomic E-state index is 5.86. The number of hydrogen-bond donors (Lipinski definition) is 2. The van der Waals surface area contributed by atoms with Gasteiger partial charge >= 0.3 is 0 Å². The van der Waals surface area contributed by atoms with Crippen LogP contribution in [0, 0.1) is 5.92 Å². The van der Waals surface area contributed by atoms with Gasteiger partial charge in [0.2, 0.25) is 0 Å². The van der Waals surface area contributed by atoms with E-state index >= 15 is 0 Å². The third-order valence-corrected chi connectivity index (χ3v) is 3.80. The summed E-state index contributed by atoms with van der Waals surface area (Å²) in [5.74, 6) is 1.91. The monoisotopic (exact) mass is 462 g/mol. The van der Waals surface area contributed by atoms with E-state index < -0.39 is 0 Å². The summed E-state index contributed by atoms with van der Waals surface area (Å²) >= 11 is 0. The second-order valence-corrected chi connectivity index (χ2v) is 6.43. The van der Waals surface area contributed by atoms with Gasteiger partial charge < -0.3 is 20.5 Å². The number of hydrogen-bond acceptors (Lipinski definition) is 4. The van der Waals surface area contributed by atoms with Crippen LogP contribution in [0.3, 0.4) is 0 Å². The third-order valence-electron chi connectivity index (χ3n) is 3.80. The Hall–Kier alpha value is -1.06. The molecule has 25 heavy (non-hydrogen) atoms. The van der Waals surface area contributed by atoms with Gasteiger partial charge in [0.1, 0.15) is 12.4 Å². The molecule has 142 valence electrons. The van der Waals surface area contributed by atoms with Gasteiger partial charge in [0.05, 0.1) is 19.8 Å². The summed E-state index contributed by atoms with van der Waals surface area (Å²) in [6.45, 7) is 10.9. The van der Waals surface area contributed by atoms with Crippen LogP contribution in [0.5, 0.6) is 5.75 Å². The maximum Gasteiger partial charge on any atom is 0.188 e. The average Bonchev–Trinajstić information content (AvgIpc) is 2.59. The summed E-state index contributed by atoms with van der Waals surface area (Å²) in [5.41, 5.74) is 6.95. The Balaban J connectivity index is 0.00000312. The normalized spacial score (nSPS) is 15.7. The van der Waals surface area contributed by atoms with E-state index in [1.54, 1.807) is 0 Å². The van der Waals surface area contributed by atoms with Gasteiger partial charge in [0.15, 0.2) is 5.96 Å². The van der Waals surface area contributed by atoms with E-state index in [4.69, 9.17) is 15.2 Å². The first-order valence-electron chi connectivity index (χ1n) is 8.69. The van der Waals surface area contributed by atoms with Crippen LogP contribution in [0.1, 0.15) is 19.4 Å². The Morgan fingerprint density at radius 2 is 2.12 bits per heavy atom. The molecule has 1 aliphatic heterocycles. The molecule has 1 aromatic rings. The zero-order valence-electron chi connectivity index (χ0n) is 15.2. The van der Waals surface area contributed by atoms with Gasteiger partial charge in [-0.3, -0.25) is 4.90 Å². The van der Waals surface area contributed by atoms with Crippen molar-refractivity contribution in [1.82, 2.24) is 10.2 Å². The highest BCUT2D eigenvalue weighted by Crippen LogP contribution is 2.14. The molecule has 1 aromatic carbocycles. The number of morpholine rings is 1. The number of halogens is 1. The van der Waals surface area contributed by atoms with E-state index in [-0.39, 0.29) is 24.0 Å². The minimum absolute atomic E-state index is 0. The van der Waals surface area contributed by atoms with Crippen LogP contribution < -0.4 is 15.8 Å². The lowest BCUT2D eigenvalue weighted by Gasteiger charge is -2.26. The molecule has 3 N–H and O–H groups in total. The summed E-state index contributed by atoms with van der Waals surface area (Å²) < 4.78 is 11.2. The highest BCUT2D eigenvalue weighted by Gasteiger charge is 2.09. The Morgan fingerprint density at radius 1 is 1.36 bits per heavy atom. The van der Waals surface area contributed by atoms with E-state index in [0.29, 0.717) is 25.0 Å². The number of guanidine groups is 1. The van der Waals surface area contributed by atoms with Crippen molar-refractivity contribution in [2.45, 2.75) is 20.4 Å². The van der Waals surface area contributed by atoms with Crippen LogP contribution in [0.4, 0.5) is 0 Å². The first-order chi connectivity index (χ1) is 11.6. The molecule has 0 bridgehead atoms. The number of nitrogens with two attached hydrogens (primary N) is 1. The lowest BCUT2D eigenvalue weighted by atomic mass is 10.2. The molecule has 0 radical (unpaired) electrons. The van der Waals surface area contributed by atoms with Crippen molar-refractivity contribution in [1.29, 1.82) is 0 Å². The molecule has 1 aliphatic rings. The molecule has 0 spiro atoms. The summed E-state index contributed by atoms with van der Waals surface area (Å²) in [6.07, 6.45) is 0. The fourth-order valence-electron chi connectivity index (χ4n) is 2.39. The quantitative estimate of drug-likeness (QED) is 0.352. The average molecular weight is 462 g/mol. The van der Waals surface area contributed by atoms with Gasteiger partial charge in [-0.1, -0.05) is 26.0 Å². The summed E-state index contributed by atoms with van der Waals surface area (Å²) in [6, 6.07) is 8.03. The Labute approximate surface area is 168 Å². The summed E-state index contributed by atoms with van der Waals surface area (Å²) in [5, 5.41) is 3.12. The van der Waals surface area contributed by atoms with Crippen molar-refractivity contribution in [2.24, 2.45) is 16.6 Å². The highest BCUT2D eigenvalue weighted by molar-refractivity contribution is 14.0. The summed E-state index contributed by atoms with van der Waals surface area (Å²) in [4.78, 5) is 6.73. The zero-order chi connectivity index (χ0) is 17.2. The van der Waals surface area contributed by atoms with E-state index in [1.807, 2.05) is 24.3 Å². The SMILES string of the molecule is CC(C)CNC(N)=NCc1cccc(OCCN2CCOCC2)c1.I. The smallest absolute Gasteiger partial charge is 0.188 e. The molecular weight excluding hydrogens is 431 g/mol. The van der Waals surface area contributed by atoms with E-state index in [9.17, 15) is 0 Å². The lowest BCUT2D eigenvalue weighted by Crippen LogP contribution is -2.38. The Kier molecular flexibility index (Phi) is 10.8. The third kappa shape index (κ3) is 9.27. The Bertz CT molecular complexity index is 520. The minimum Gasteiger partial charge on any atom is -0.492 e. The van der Waals surface area contributed by atoms with E-state index in [1.165, 1.54) is 0 Å². The van der Waals surface area contributed by atoms with Crippen molar-refractivity contribution in [2.75, 3.05) is 46.0 Å². The molecule has 1 fully saturated rings. The van der Waals surface area contributed by atoms with Crippen LogP contribution in [-0.2, 0) is 11.3 Å². The van der Waals surface area contributed by atoms with Crippen LogP contribution >= 0.6 is 24.0 Å². The molecule has 0 atom stereocenters. The molecule has 0 unspecified atom stereocenters. The fourth-order valence-corrected chi connectivity index (χ4v) is 2.39. The van der Waals surface area contributed by atoms with Crippen molar-refractivity contribution >= 4 is 29.9 Å². The predicted octanol–water partition coefficient (Wildman–Crippen LogP) is 2.08. The fraction of sp³-hybridized carbons (Fsp3) is 0.611. The van der Waals surface area contributed by atoms with Crippen molar-refractivity contribution in [3.8, 4) is 5.75 Å². The number of benzene rings is 1. The van der Waals surface area contributed by atoms with Crippen molar-refractivity contribution in [3.63, 3.8) is 0 Å². The number of rotatable bonds is 8. The van der Waals surface area contributed by atoms with Gasteiger partial charge in [-0.15, -0.1) is 24.0 Å². The summed E-state index contributed by atoms with van der Waals surface area (Å²) in [7, 11) is 0. The first-order valence-corrected chi connectivity index (χ1v) is 8.69. The van der Waals surface area contributed by atoms with Crippen molar-refractivity contribution < 1.29 is 9.47 Å².